The van der Waals surface area contributed by atoms with Crippen molar-refractivity contribution in [3.8, 4) is 11.5 Å². The molecule has 4 nitrogen and oxygen atoms in total. The van der Waals surface area contributed by atoms with E-state index in [-0.39, 0.29) is 11.7 Å². The van der Waals surface area contributed by atoms with Crippen LogP contribution in [0.4, 0.5) is 11.4 Å². The summed E-state index contributed by atoms with van der Waals surface area (Å²) in [6.45, 7) is 3.71. The number of rotatable bonds is 4. The van der Waals surface area contributed by atoms with Crippen LogP contribution in [-0.2, 0) is 17.6 Å². The highest BCUT2D eigenvalue weighted by Crippen LogP contribution is 2.38. The number of hydrogen-bond acceptors (Lipinski definition) is 3. The van der Waals surface area contributed by atoms with E-state index in [0.717, 1.165) is 28.3 Å². The smallest absolute Gasteiger partial charge is 0.231 e. The molecule has 0 aromatic heterocycles. The van der Waals surface area contributed by atoms with Gasteiger partial charge in [0.15, 0.2) is 0 Å². The second-order valence-corrected chi connectivity index (χ2v) is 5.53. The van der Waals surface area contributed by atoms with Crippen molar-refractivity contribution in [1.82, 2.24) is 0 Å². The van der Waals surface area contributed by atoms with Crippen molar-refractivity contribution in [2.45, 2.75) is 19.3 Å². The van der Waals surface area contributed by atoms with Crippen LogP contribution in [-0.4, -0.2) is 18.1 Å². The first-order valence-corrected chi connectivity index (χ1v) is 7.56. The number of allylic oxidation sites excluding steroid dienone is 1. The second-order valence-electron chi connectivity index (χ2n) is 5.53. The Morgan fingerprint density at radius 1 is 1.26 bits per heavy atom. The Kier molecular flexibility index (Phi) is 4.06. The summed E-state index contributed by atoms with van der Waals surface area (Å²) in [5, 5.41) is 10.1. The number of hydrogen-bond donors (Lipinski definition) is 1. The van der Waals surface area contributed by atoms with Gasteiger partial charge in [0.05, 0.1) is 12.8 Å². The molecular formula is C19H19NO3. The maximum atomic E-state index is 12.5. The van der Waals surface area contributed by atoms with E-state index in [9.17, 15) is 9.90 Å². The molecule has 0 bridgehead atoms. The summed E-state index contributed by atoms with van der Waals surface area (Å²) in [7, 11) is 1.61. The normalized spacial score (nSPS) is 13.6. The summed E-state index contributed by atoms with van der Waals surface area (Å²) >= 11 is 0. The lowest BCUT2D eigenvalue weighted by Gasteiger charge is -2.30. The molecule has 23 heavy (non-hydrogen) atoms. The summed E-state index contributed by atoms with van der Waals surface area (Å²) in [5.74, 6) is 1.06. The topological polar surface area (TPSA) is 49.8 Å². The second kappa shape index (κ2) is 6.16. The fourth-order valence-electron chi connectivity index (χ4n) is 2.89. The first-order chi connectivity index (χ1) is 11.1. The molecule has 118 valence electrons. The van der Waals surface area contributed by atoms with Crippen LogP contribution in [0.15, 0.2) is 49.1 Å². The summed E-state index contributed by atoms with van der Waals surface area (Å²) in [4.78, 5) is 14.2. The highest BCUT2D eigenvalue weighted by Gasteiger charge is 2.26. The van der Waals surface area contributed by atoms with Crippen molar-refractivity contribution < 1.29 is 14.6 Å². The number of aromatic hydroxyl groups is 1. The number of benzene rings is 2. The van der Waals surface area contributed by atoms with Gasteiger partial charge in [-0.3, -0.25) is 9.69 Å². The number of methoxy groups -OCH3 is 1. The van der Waals surface area contributed by atoms with Gasteiger partial charge in [-0.2, -0.15) is 0 Å². The van der Waals surface area contributed by atoms with Gasteiger partial charge < -0.3 is 9.84 Å². The van der Waals surface area contributed by atoms with Crippen molar-refractivity contribution in [3.63, 3.8) is 0 Å². The number of anilines is 2. The molecule has 1 amide bonds. The molecule has 2 aromatic rings. The van der Waals surface area contributed by atoms with Crippen molar-refractivity contribution in [1.29, 1.82) is 0 Å². The van der Waals surface area contributed by atoms with E-state index in [1.807, 2.05) is 30.3 Å². The molecule has 0 aliphatic carbocycles. The van der Waals surface area contributed by atoms with Crippen molar-refractivity contribution in [3.05, 3.63) is 60.2 Å². The molecule has 3 rings (SSSR count). The zero-order valence-electron chi connectivity index (χ0n) is 13.1. The minimum atomic E-state index is 0.0536. The third kappa shape index (κ3) is 2.80. The van der Waals surface area contributed by atoms with Gasteiger partial charge in [0.2, 0.25) is 5.91 Å². The van der Waals surface area contributed by atoms with E-state index in [1.165, 1.54) is 0 Å². The third-order valence-electron chi connectivity index (χ3n) is 4.07. The largest absolute Gasteiger partial charge is 0.508 e. The van der Waals surface area contributed by atoms with Crippen LogP contribution in [0.3, 0.4) is 0 Å². The number of amides is 1. The Bertz CT molecular complexity index is 750. The lowest BCUT2D eigenvalue weighted by atomic mass is 9.96. The zero-order chi connectivity index (χ0) is 16.4. The van der Waals surface area contributed by atoms with E-state index < -0.39 is 0 Å². The Morgan fingerprint density at radius 2 is 2.00 bits per heavy atom. The number of nitrogens with zero attached hydrogens (tertiary/aromatic N) is 1. The molecule has 0 spiro atoms. The van der Waals surface area contributed by atoms with Crippen LogP contribution >= 0.6 is 0 Å². The summed E-state index contributed by atoms with van der Waals surface area (Å²) in [6.07, 6.45) is 3.37. The molecule has 0 fully saturated rings. The molecule has 2 aromatic carbocycles. The van der Waals surface area contributed by atoms with E-state index in [4.69, 9.17) is 4.74 Å². The summed E-state index contributed by atoms with van der Waals surface area (Å²) in [5.41, 5.74) is 3.38. The van der Waals surface area contributed by atoms with Gasteiger partial charge in [-0.05, 0) is 60.4 Å². The highest BCUT2D eigenvalue weighted by molar-refractivity contribution is 6.03. The Morgan fingerprint density at radius 3 is 2.65 bits per heavy atom. The van der Waals surface area contributed by atoms with E-state index in [0.29, 0.717) is 19.3 Å². The van der Waals surface area contributed by atoms with Gasteiger partial charge in [0.1, 0.15) is 11.5 Å². The molecule has 0 saturated carbocycles. The Labute approximate surface area is 135 Å². The average Bonchev–Trinajstić information content (AvgIpc) is 2.56. The lowest BCUT2D eigenvalue weighted by molar-refractivity contribution is -0.118. The number of carbonyl (C=O) groups excluding carboxylic acids is 1. The van der Waals surface area contributed by atoms with Gasteiger partial charge >= 0.3 is 0 Å². The summed E-state index contributed by atoms with van der Waals surface area (Å²) in [6, 6.07) is 11.0. The van der Waals surface area contributed by atoms with Crippen LogP contribution in [0.1, 0.15) is 17.5 Å². The van der Waals surface area contributed by atoms with E-state index in [1.54, 1.807) is 24.2 Å². The SMILES string of the molecule is C=CCc1cc2c(cc1O)CCC(=O)N2c1ccc(OC)cc1. The molecule has 0 atom stereocenters. The maximum absolute atomic E-state index is 12.5. The number of fused-ring (bicyclic) bond motifs is 1. The van der Waals surface area contributed by atoms with Crippen molar-refractivity contribution in [2.24, 2.45) is 0 Å². The molecule has 0 radical (unpaired) electrons. The average molecular weight is 309 g/mol. The predicted molar refractivity (Wildman–Crippen MR) is 90.5 cm³/mol. The van der Waals surface area contributed by atoms with Gasteiger partial charge in [0, 0.05) is 12.1 Å². The minimum Gasteiger partial charge on any atom is -0.508 e. The Hall–Kier alpha value is -2.75. The van der Waals surface area contributed by atoms with E-state index in [2.05, 4.69) is 6.58 Å². The monoisotopic (exact) mass is 309 g/mol. The fraction of sp³-hybridized carbons (Fsp3) is 0.211. The zero-order valence-corrected chi connectivity index (χ0v) is 13.1. The van der Waals surface area contributed by atoms with E-state index >= 15 is 0 Å². The third-order valence-corrected chi connectivity index (χ3v) is 4.07. The predicted octanol–water partition coefficient (Wildman–Crippen LogP) is 3.74. The molecule has 4 heteroatoms. The van der Waals surface area contributed by atoms with Crippen molar-refractivity contribution >= 4 is 17.3 Å². The highest BCUT2D eigenvalue weighted by atomic mass is 16.5. The van der Waals surface area contributed by atoms with Gasteiger partial charge in [-0.15, -0.1) is 6.58 Å². The van der Waals surface area contributed by atoms with Gasteiger partial charge in [-0.25, -0.2) is 0 Å². The van der Waals surface area contributed by atoms with Crippen LogP contribution in [0, 0.1) is 0 Å². The number of phenols is 1. The van der Waals surface area contributed by atoms with Gasteiger partial charge in [-0.1, -0.05) is 6.08 Å². The van der Waals surface area contributed by atoms with Crippen LogP contribution < -0.4 is 9.64 Å². The van der Waals surface area contributed by atoms with Crippen LogP contribution in [0.5, 0.6) is 11.5 Å². The Balaban J connectivity index is 2.09. The molecule has 1 heterocycles. The maximum Gasteiger partial charge on any atom is 0.231 e. The molecule has 1 aliphatic heterocycles. The number of aryl methyl sites for hydroxylation is 1. The van der Waals surface area contributed by atoms with Crippen LogP contribution in [0.25, 0.3) is 0 Å². The molecule has 1 N–H and O–H groups in total. The first kappa shape index (κ1) is 15.2. The lowest BCUT2D eigenvalue weighted by Crippen LogP contribution is -2.30. The molecular weight excluding hydrogens is 290 g/mol. The molecule has 1 aliphatic rings. The van der Waals surface area contributed by atoms with Crippen LogP contribution in [0.2, 0.25) is 0 Å². The summed E-state index contributed by atoms with van der Waals surface area (Å²) < 4.78 is 5.17. The fourth-order valence-corrected chi connectivity index (χ4v) is 2.89. The first-order valence-electron chi connectivity index (χ1n) is 7.56. The number of ether oxygens (including phenoxy) is 1. The van der Waals surface area contributed by atoms with Gasteiger partial charge in [0.25, 0.3) is 0 Å². The quantitative estimate of drug-likeness (QED) is 0.875. The number of phenolic OH excluding ortho intramolecular Hbond substituents is 1. The molecule has 0 saturated heterocycles. The minimum absolute atomic E-state index is 0.0536. The standard InChI is InChI=1S/C19H19NO3/c1-3-4-14-11-17-13(12-18(14)21)5-10-19(22)20(17)15-6-8-16(23-2)9-7-15/h3,6-9,11-12,21H,1,4-5,10H2,2H3. The van der Waals surface area contributed by atoms with Crippen molar-refractivity contribution in [2.75, 3.05) is 12.0 Å². The molecule has 0 unspecified atom stereocenters. The number of carbonyl (C=O) groups is 1.